The maximum absolute atomic E-state index is 15.0. The highest BCUT2D eigenvalue weighted by atomic mass is 19.4. The fourth-order valence-corrected chi connectivity index (χ4v) is 4.17. The van der Waals surface area contributed by atoms with Crippen LogP contribution in [0.2, 0.25) is 0 Å². The summed E-state index contributed by atoms with van der Waals surface area (Å²) in [5, 5.41) is 10.8. The lowest BCUT2D eigenvalue weighted by Crippen LogP contribution is -2.42. The van der Waals surface area contributed by atoms with Gasteiger partial charge in [0.2, 0.25) is 5.91 Å². The molecule has 0 radical (unpaired) electrons. The first-order chi connectivity index (χ1) is 18.4. The number of rotatable bonds is 7. The van der Waals surface area contributed by atoms with Crippen LogP contribution >= 0.6 is 0 Å². The normalized spacial score (nSPS) is 12.3. The van der Waals surface area contributed by atoms with Gasteiger partial charge in [0.1, 0.15) is 5.82 Å². The van der Waals surface area contributed by atoms with Gasteiger partial charge in [-0.15, -0.1) is 0 Å². The first-order valence-corrected chi connectivity index (χ1v) is 11.7. The molecule has 3 rings (SSSR count). The summed E-state index contributed by atoms with van der Waals surface area (Å²) < 4.78 is 110. The first-order valence-electron chi connectivity index (χ1n) is 11.7. The van der Waals surface area contributed by atoms with Gasteiger partial charge in [0.15, 0.2) is 11.6 Å². The van der Waals surface area contributed by atoms with E-state index in [0.29, 0.717) is 18.7 Å². The van der Waals surface area contributed by atoms with E-state index in [-0.39, 0.29) is 34.3 Å². The quantitative estimate of drug-likeness (QED) is 0.229. The molecule has 3 aromatic rings. The van der Waals surface area contributed by atoms with Crippen molar-refractivity contribution in [2.75, 3.05) is 23.8 Å². The Labute approximate surface area is 224 Å². The Morgan fingerprint density at radius 2 is 1.55 bits per heavy atom. The molecule has 0 fully saturated rings. The number of aromatic nitrogens is 1. The molecule has 2 N–H and O–H groups in total. The lowest BCUT2D eigenvalue weighted by Gasteiger charge is -2.32. The molecule has 0 saturated heterocycles. The van der Waals surface area contributed by atoms with Crippen molar-refractivity contribution in [3.05, 3.63) is 76.5 Å². The standard InChI is InChI=1S/C27H24F8N4O/c1-5-37-23-18(12-36)21(17-7-6-8-19(28)22(17)29)20(13-38-23)39(4)24(40)25(2,3)14-9-15(26(30,31)32)11-16(10-14)27(33,34)35/h6-13,36H,5H2,1-4H3,(H,37,38). The first kappa shape index (κ1) is 30.5. The second kappa shape index (κ2) is 10.9. The second-order valence-corrected chi connectivity index (χ2v) is 9.34. The number of carbonyl (C=O) groups is 1. The predicted octanol–water partition coefficient (Wildman–Crippen LogP) is 7.43. The van der Waals surface area contributed by atoms with Crippen LogP contribution in [0, 0.1) is 17.0 Å². The summed E-state index contributed by atoms with van der Waals surface area (Å²) in [6.07, 6.45) is -8.34. The van der Waals surface area contributed by atoms with E-state index in [0.717, 1.165) is 37.2 Å². The highest BCUT2D eigenvalue weighted by Crippen LogP contribution is 2.42. The molecule has 13 heteroatoms. The average molecular weight is 573 g/mol. The predicted molar refractivity (Wildman–Crippen MR) is 135 cm³/mol. The minimum atomic E-state index is -5.13. The van der Waals surface area contributed by atoms with E-state index < -0.39 is 52.0 Å². The van der Waals surface area contributed by atoms with Crippen molar-refractivity contribution < 1.29 is 39.9 Å². The fraction of sp³-hybridized carbons (Fsp3) is 0.296. The number of carbonyl (C=O) groups excluding carboxylic acids is 1. The Hall–Kier alpha value is -4.03. The van der Waals surface area contributed by atoms with Gasteiger partial charge in [-0.2, -0.15) is 26.3 Å². The minimum absolute atomic E-state index is 0.0280. The van der Waals surface area contributed by atoms with E-state index in [1.54, 1.807) is 6.92 Å². The summed E-state index contributed by atoms with van der Waals surface area (Å²) in [6, 6.07) is 4.14. The van der Waals surface area contributed by atoms with Crippen LogP contribution in [0.1, 0.15) is 43.0 Å². The molecule has 40 heavy (non-hydrogen) atoms. The van der Waals surface area contributed by atoms with E-state index in [1.165, 1.54) is 19.2 Å². The van der Waals surface area contributed by atoms with Crippen molar-refractivity contribution in [2.24, 2.45) is 0 Å². The number of amides is 1. The lowest BCUT2D eigenvalue weighted by atomic mass is 9.81. The lowest BCUT2D eigenvalue weighted by molar-refractivity contribution is -0.143. The Balaban J connectivity index is 2.25. The number of pyridine rings is 1. The van der Waals surface area contributed by atoms with Gasteiger partial charge in [0.05, 0.1) is 28.4 Å². The molecule has 0 aliphatic carbocycles. The molecule has 0 aliphatic rings. The third-order valence-electron chi connectivity index (χ3n) is 6.32. The number of likely N-dealkylation sites (N-methyl/N-ethyl adjacent to an activating group) is 1. The molecule has 0 atom stereocenters. The van der Waals surface area contributed by atoms with Crippen LogP contribution in [-0.4, -0.2) is 30.7 Å². The van der Waals surface area contributed by atoms with Crippen molar-refractivity contribution in [1.82, 2.24) is 4.98 Å². The molecule has 1 heterocycles. The van der Waals surface area contributed by atoms with E-state index in [9.17, 15) is 39.9 Å². The number of benzene rings is 2. The van der Waals surface area contributed by atoms with Gasteiger partial charge in [0, 0.05) is 36.5 Å². The summed E-state index contributed by atoms with van der Waals surface area (Å²) in [5.74, 6) is -3.40. The number of anilines is 2. The topological polar surface area (TPSA) is 69.1 Å². The van der Waals surface area contributed by atoms with Gasteiger partial charge >= 0.3 is 12.4 Å². The monoisotopic (exact) mass is 572 g/mol. The van der Waals surface area contributed by atoms with Crippen molar-refractivity contribution in [3.8, 4) is 11.1 Å². The molecule has 214 valence electrons. The number of nitrogens with one attached hydrogen (secondary N) is 2. The Bertz CT molecular complexity index is 1420. The van der Waals surface area contributed by atoms with Crippen LogP contribution in [0.5, 0.6) is 0 Å². The number of alkyl halides is 6. The highest BCUT2D eigenvalue weighted by Gasteiger charge is 2.41. The summed E-state index contributed by atoms with van der Waals surface area (Å²) >= 11 is 0. The van der Waals surface area contributed by atoms with Gasteiger partial charge in [-0.1, -0.05) is 12.1 Å². The molecule has 1 amide bonds. The van der Waals surface area contributed by atoms with Crippen LogP contribution in [0.3, 0.4) is 0 Å². The summed E-state index contributed by atoms with van der Waals surface area (Å²) in [6.45, 7) is 4.33. The smallest absolute Gasteiger partial charge is 0.370 e. The fourth-order valence-electron chi connectivity index (χ4n) is 4.17. The number of halogens is 8. The van der Waals surface area contributed by atoms with Crippen LogP contribution in [0.25, 0.3) is 11.1 Å². The SMILES string of the molecule is CCNc1ncc(N(C)C(=O)C(C)(C)c2cc(C(F)(F)F)cc(C(F)(F)F)c2)c(-c2cccc(F)c2F)c1C=N. The summed E-state index contributed by atoms with van der Waals surface area (Å²) in [5.41, 5.74) is -6.40. The Kier molecular flexibility index (Phi) is 8.28. The molecule has 1 aromatic heterocycles. The molecular formula is C27H24F8N4O. The molecule has 2 aromatic carbocycles. The number of hydrogen-bond donors (Lipinski definition) is 2. The third-order valence-corrected chi connectivity index (χ3v) is 6.32. The minimum Gasteiger partial charge on any atom is -0.370 e. The van der Waals surface area contributed by atoms with Crippen LogP contribution < -0.4 is 10.2 Å². The number of hydrogen-bond acceptors (Lipinski definition) is 4. The molecule has 0 bridgehead atoms. The Morgan fingerprint density at radius 3 is 2.05 bits per heavy atom. The van der Waals surface area contributed by atoms with Gasteiger partial charge in [-0.25, -0.2) is 13.8 Å². The third kappa shape index (κ3) is 5.77. The zero-order valence-corrected chi connectivity index (χ0v) is 21.7. The molecule has 5 nitrogen and oxygen atoms in total. The molecule has 0 unspecified atom stereocenters. The molecule has 0 aliphatic heterocycles. The van der Waals surface area contributed by atoms with Crippen LogP contribution in [0.4, 0.5) is 46.6 Å². The summed E-state index contributed by atoms with van der Waals surface area (Å²) in [7, 11) is 1.17. The van der Waals surface area contributed by atoms with E-state index in [1.807, 2.05) is 0 Å². The van der Waals surface area contributed by atoms with Crippen LogP contribution in [-0.2, 0) is 22.6 Å². The summed E-state index contributed by atoms with van der Waals surface area (Å²) in [4.78, 5) is 18.8. The highest BCUT2D eigenvalue weighted by molar-refractivity contribution is 6.07. The second-order valence-electron chi connectivity index (χ2n) is 9.34. The average Bonchev–Trinajstić information content (AvgIpc) is 2.88. The largest absolute Gasteiger partial charge is 0.416 e. The zero-order valence-electron chi connectivity index (χ0n) is 21.7. The molecule has 0 spiro atoms. The van der Waals surface area contributed by atoms with E-state index >= 15 is 0 Å². The van der Waals surface area contributed by atoms with Gasteiger partial charge in [-0.3, -0.25) is 4.79 Å². The van der Waals surface area contributed by atoms with Crippen LogP contribution in [0.15, 0.2) is 42.6 Å². The Morgan fingerprint density at radius 1 is 1.00 bits per heavy atom. The van der Waals surface area contributed by atoms with Gasteiger partial charge in [0.25, 0.3) is 0 Å². The van der Waals surface area contributed by atoms with E-state index in [2.05, 4.69) is 10.3 Å². The van der Waals surface area contributed by atoms with Gasteiger partial charge in [-0.05, 0) is 50.6 Å². The van der Waals surface area contributed by atoms with Crippen molar-refractivity contribution in [2.45, 2.75) is 38.5 Å². The van der Waals surface area contributed by atoms with Crippen molar-refractivity contribution >= 4 is 23.6 Å². The maximum Gasteiger partial charge on any atom is 0.416 e. The molecule has 0 saturated carbocycles. The zero-order chi connectivity index (χ0) is 30.2. The number of nitrogens with zero attached hydrogens (tertiary/aromatic N) is 2. The van der Waals surface area contributed by atoms with Crippen molar-refractivity contribution in [3.63, 3.8) is 0 Å². The maximum atomic E-state index is 15.0. The van der Waals surface area contributed by atoms with Gasteiger partial charge < -0.3 is 15.6 Å². The van der Waals surface area contributed by atoms with Crippen molar-refractivity contribution in [1.29, 1.82) is 5.41 Å². The molecular weight excluding hydrogens is 548 g/mol. The van der Waals surface area contributed by atoms with E-state index in [4.69, 9.17) is 5.41 Å².